The number of unbranched alkanes of at least 4 members (excludes halogenated alkanes) is 3. The second-order valence-corrected chi connectivity index (χ2v) is 7.06. The van der Waals surface area contributed by atoms with Crippen LogP contribution in [0.25, 0.3) is 0 Å². The lowest BCUT2D eigenvalue weighted by molar-refractivity contribution is -0.127. The molecule has 24 heavy (non-hydrogen) atoms. The number of nitrogens with zero attached hydrogens (tertiary/aromatic N) is 3. The smallest absolute Gasteiger partial charge is 0.325 e. The molecule has 3 unspecified atom stereocenters. The summed E-state index contributed by atoms with van der Waals surface area (Å²) in [4.78, 5) is 32.0. The summed E-state index contributed by atoms with van der Waals surface area (Å²) in [5.74, 6) is -0.0415. The number of amides is 3. The van der Waals surface area contributed by atoms with E-state index in [4.69, 9.17) is 5.11 Å². The van der Waals surface area contributed by atoms with E-state index in [-0.39, 0.29) is 12.5 Å². The quantitative estimate of drug-likeness (QED) is 0.535. The number of nitrogens with one attached hydrogen (secondary N) is 1. The molecule has 0 aromatic carbocycles. The summed E-state index contributed by atoms with van der Waals surface area (Å²) in [5.41, 5.74) is 0. The molecule has 2 aliphatic heterocycles. The molecule has 136 valence electrons. The average Bonchev–Trinajstić information content (AvgIpc) is 2.93. The number of carbonyl (C=O) groups excluding carboxylic acids is 2. The molecule has 2 aliphatic rings. The Morgan fingerprint density at radius 1 is 1.33 bits per heavy atom. The van der Waals surface area contributed by atoms with Crippen molar-refractivity contribution in [3.05, 3.63) is 0 Å². The first-order chi connectivity index (χ1) is 11.5. The fourth-order valence-corrected chi connectivity index (χ4v) is 3.79. The van der Waals surface area contributed by atoms with Gasteiger partial charge in [0.2, 0.25) is 0 Å². The molecule has 0 aliphatic carbocycles. The maximum Gasteiger partial charge on any atom is 0.325 e. The van der Waals surface area contributed by atoms with E-state index in [9.17, 15) is 14.7 Å². The van der Waals surface area contributed by atoms with Crippen LogP contribution in [-0.2, 0) is 4.79 Å². The van der Waals surface area contributed by atoms with E-state index >= 15 is 0 Å². The first-order valence-corrected chi connectivity index (χ1v) is 9.32. The minimum Gasteiger partial charge on any atom is -0.394 e. The van der Waals surface area contributed by atoms with Gasteiger partial charge in [-0.15, -0.1) is 0 Å². The Hall–Kier alpha value is -1.32. The summed E-state index contributed by atoms with van der Waals surface area (Å²) in [7, 11) is 1.62. The summed E-state index contributed by atoms with van der Waals surface area (Å²) < 4.78 is 0. The zero-order valence-corrected chi connectivity index (χ0v) is 15.0. The van der Waals surface area contributed by atoms with E-state index in [0.29, 0.717) is 17.5 Å². The number of imide groups is 1. The normalized spacial score (nSPS) is 24.8. The number of thioether (sulfide) groups is 1. The Balaban J connectivity index is 2.10. The Morgan fingerprint density at radius 2 is 2.08 bits per heavy atom. The monoisotopic (exact) mass is 358 g/mol. The van der Waals surface area contributed by atoms with Crippen LogP contribution in [-0.4, -0.2) is 81.4 Å². The number of rotatable bonds is 8. The standard InChI is InChI=1S/C15H26N4O4S/c1-3-4-5-6-7-19-11-12(18(2)14(23)17-13(11)22)16-15(19)24-9-10(21)8-20/h10-12,20-21H,3-9H2,1-2H3,(H,17,22,23). The zero-order chi connectivity index (χ0) is 17.7. The van der Waals surface area contributed by atoms with Crippen LogP contribution in [0, 0.1) is 0 Å². The number of hydrogen-bond acceptors (Lipinski definition) is 7. The van der Waals surface area contributed by atoms with Crippen molar-refractivity contribution in [1.29, 1.82) is 0 Å². The van der Waals surface area contributed by atoms with Crippen LogP contribution in [0.3, 0.4) is 0 Å². The van der Waals surface area contributed by atoms with E-state index in [2.05, 4.69) is 17.2 Å². The highest BCUT2D eigenvalue weighted by molar-refractivity contribution is 8.13. The third-order valence-corrected chi connectivity index (χ3v) is 5.34. The van der Waals surface area contributed by atoms with Crippen LogP contribution < -0.4 is 5.32 Å². The summed E-state index contributed by atoms with van der Waals surface area (Å²) in [6.07, 6.45) is 2.89. The molecule has 3 atom stereocenters. The summed E-state index contributed by atoms with van der Waals surface area (Å²) in [6, 6.07) is -0.972. The molecule has 0 spiro atoms. The predicted molar refractivity (Wildman–Crippen MR) is 92.7 cm³/mol. The van der Waals surface area contributed by atoms with Crippen LogP contribution in [0.15, 0.2) is 4.99 Å². The molecule has 1 fully saturated rings. The molecule has 8 nitrogen and oxygen atoms in total. The van der Waals surface area contributed by atoms with Crippen molar-refractivity contribution in [2.45, 2.75) is 50.9 Å². The van der Waals surface area contributed by atoms with Crippen LogP contribution >= 0.6 is 11.8 Å². The van der Waals surface area contributed by atoms with Crippen molar-refractivity contribution in [3.8, 4) is 0 Å². The van der Waals surface area contributed by atoms with Crippen molar-refractivity contribution in [3.63, 3.8) is 0 Å². The van der Waals surface area contributed by atoms with Gasteiger partial charge in [-0.3, -0.25) is 10.1 Å². The average molecular weight is 358 g/mol. The molecule has 1 saturated heterocycles. The molecule has 9 heteroatoms. The van der Waals surface area contributed by atoms with Gasteiger partial charge in [-0.2, -0.15) is 0 Å². The summed E-state index contributed by atoms with van der Waals surface area (Å²) in [6.45, 7) is 2.50. The minimum atomic E-state index is -0.838. The molecule has 3 N–H and O–H groups in total. The minimum absolute atomic E-state index is 0.291. The Kier molecular flexibility index (Phi) is 6.88. The number of carbonyl (C=O) groups is 2. The number of likely N-dealkylation sites (N-methyl/N-ethyl adjacent to an activating group) is 1. The number of hydrogen-bond donors (Lipinski definition) is 3. The van der Waals surface area contributed by atoms with Crippen LogP contribution in [0.4, 0.5) is 4.79 Å². The van der Waals surface area contributed by atoms with Crippen molar-refractivity contribution < 1.29 is 19.8 Å². The molecule has 0 saturated carbocycles. The van der Waals surface area contributed by atoms with Crippen LogP contribution in [0.1, 0.15) is 32.6 Å². The van der Waals surface area contributed by atoms with Crippen LogP contribution in [0.2, 0.25) is 0 Å². The van der Waals surface area contributed by atoms with Crippen molar-refractivity contribution in [1.82, 2.24) is 15.1 Å². The molecule has 0 radical (unpaired) electrons. The molecular weight excluding hydrogens is 332 g/mol. The molecule has 2 rings (SSSR count). The van der Waals surface area contributed by atoms with Crippen LogP contribution in [0.5, 0.6) is 0 Å². The topological polar surface area (TPSA) is 105 Å². The summed E-state index contributed by atoms with van der Waals surface area (Å²) in [5, 5.41) is 21.5. The molecule has 0 aromatic rings. The Morgan fingerprint density at radius 3 is 2.75 bits per heavy atom. The fourth-order valence-electron chi connectivity index (χ4n) is 2.79. The van der Waals surface area contributed by atoms with Gasteiger partial charge in [-0.05, 0) is 6.42 Å². The molecule has 0 bridgehead atoms. The predicted octanol–water partition coefficient (Wildman–Crippen LogP) is 0.201. The van der Waals surface area contributed by atoms with Gasteiger partial charge < -0.3 is 20.0 Å². The van der Waals surface area contributed by atoms with Gasteiger partial charge in [-0.1, -0.05) is 37.9 Å². The molecule has 0 aromatic heterocycles. The highest BCUT2D eigenvalue weighted by Gasteiger charge is 2.48. The molecule has 2 heterocycles. The highest BCUT2D eigenvalue weighted by Crippen LogP contribution is 2.29. The third-order valence-electron chi connectivity index (χ3n) is 4.19. The number of aliphatic hydroxyl groups is 2. The van der Waals surface area contributed by atoms with Crippen molar-refractivity contribution in [2.24, 2.45) is 4.99 Å². The number of amidine groups is 1. The maximum absolute atomic E-state index is 12.3. The van der Waals surface area contributed by atoms with Gasteiger partial charge in [0.05, 0.1) is 12.7 Å². The largest absolute Gasteiger partial charge is 0.394 e. The lowest BCUT2D eigenvalue weighted by Crippen LogP contribution is -2.63. The second kappa shape index (κ2) is 8.68. The van der Waals surface area contributed by atoms with Gasteiger partial charge in [-0.25, -0.2) is 9.79 Å². The van der Waals surface area contributed by atoms with E-state index in [0.717, 1.165) is 25.7 Å². The molecular formula is C15H26N4O4S. The fraction of sp³-hybridized carbons (Fsp3) is 0.800. The lowest BCUT2D eigenvalue weighted by Gasteiger charge is -2.36. The first kappa shape index (κ1) is 19.0. The number of fused-ring (bicyclic) bond motifs is 1. The van der Waals surface area contributed by atoms with E-state index in [1.165, 1.54) is 16.7 Å². The molecule has 3 amide bonds. The first-order valence-electron chi connectivity index (χ1n) is 8.33. The summed E-state index contributed by atoms with van der Waals surface area (Å²) >= 11 is 1.31. The maximum atomic E-state index is 12.3. The second-order valence-electron chi connectivity index (χ2n) is 6.08. The third kappa shape index (κ3) is 4.20. The SMILES string of the molecule is CCCCCCN1C(SCC(O)CO)=NC2C1C(=O)NC(=O)N2C. The van der Waals surface area contributed by atoms with Gasteiger partial charge in [0.1, 0.15) is 0 Å². The number of aliphatic imine (C=N–C) groups is 1. The highest BCUT2D eigenvalue weighted by atomic mass is 32.2. The van der Waals surface area contributed by atoms with Crippen molar-refractivity contribution >= 4 is 28.9 Å². The Bertz CT molecular complexity index is 502. The lowest BCUT2D eigenvalue weighted by atomic mass is 10.1. The van der Waals surface area contributed by atoms with Crippen molar-refractivity contribution in [2.75, 3.05) is 26.0 Å². The zero-order valence-electron chi connectivity index (χ0n) is 14.1. The van der Waals surface area contributed by atoms with Gasteiger partial charge >= 0.3 is 6.03 Å². The van der Waals surface area contributed by atoms with E-state index < -0.39 is 24.3 Å². The van der Waals surface area contributed by atoms with E-state index in [1.807, 2.05) is 4.90 Å². The van der Waals surface area contributed by atoms with Gasteiger partial charge in [0.15, 0.2) is 17.4 Å². The van der Waals surface area contributed by atoms with Gasteiger partial charge in [0, 0.05) is 19.3 Å². The number of aliphatic hydroxyl groups excluding tert-OH is 2. The Labute approximate surface area is 146 Å². The number of urea groups is 1. The van der Waals surface area contributed by atoms with E-state index in [1.54, 1.807) is 7.05 Å². The van der Waals surface area contributed by atoms with Gasteiger partial charge in [0.25, 0.3) is 5.91 Å².